The SMILES string of the molecule is NS(=O)(=O)c1ccc(C(=O)NCCCc2cnoc2)cc1. The zero-order chi connectivity index (χ0) is 15.3. The zero-order valence-corrected chi connectivity index (χ0v) is 12.0. The van der Waals surface area contributed by atoms with Crippen LogP contribution in [0.2, 0.25) is 0 Å². The van der Waals surface area contributed by atoms with Gasteiger partial charge < -0.3 is 9.84 Å². The van der Waals surface area contributed by atoms with Gasteiger partial charge in [0.25, 0.3) is 5.91 Å². The summed E-state index contributed by atoms with van der Waals surface area (Å²) < 4.78 is 26.9. The van der Waals surface area contributed by atoms with Crippen molar-refractivity contribution in [1.82, 2.24) is 10.5 Å². The molecule has 0 atom stereocenters. The number of nitrogens with two attached hydrogens (primary N) is 1. The number of hydrogen-bond donors (Lipinski definition) is 2. The molecule has 21 heavy (non-hydrogen) atoms. The molecule has 1 heterocycles. The standard InChI is InChI=1S/C13H15N3O4S/c14-21(18,19)12-5-3-11(4-6-12)13(17)15-7-1-2-10-8-16-20-9-10/h3-6,8-9H,1-2,7H2,(H,15,17)(H2,14,18,19). The van der Waals surface area contributed by atoms with Gasteiger partial charge in [-0.3, -0.25) is 4.79 Å². The third-order valence-electron chi connectivity index (χ3n) is 2.86. The molecule has 0 radical (unpaired) electrons. The second kappa shape index (κ2) is 6.51. The van der Waals surface area contributed by atoms with Gasteiger partial charge in [0.2, 0.25) is 10.0 Å². The summed E-state index contributed by atoms with van der Waals surface area (Å²) in [5.74, 6) is -0.263. The van der Waals surface area contributed by atoms with E-state index in [1.807, 2.05) is 0 Å². The monoisotopic (exact) mass is 309 g/mol. The van der Waals surface area contributed by atoms with E-state index in [0.717, 1.165) is 18.4 Å². The van der Waals surface area contributed by atoms with Crippen molar-refractivity contribution in [1.29, 1.82) is 0 Å². The molecule has 2 aromatic rings. The van der Waals surface area contributed by atoms with Gasteiger partial charge in [0.05, 0.1) is 11.1 Å². The van der Waals surface area contributed by atoms with Crippen molar-refractivity contribution in [2.75, 3.05) is 6.54 Å². The number of sulfonamides is 1. The molecule has 1 aromatic carbocycles. The molecule has 0 spiro atoms. The Morgan fingerprint density at radius 3 is 2.57 bits per heavy atom. The highest BCUT2D eigenvalue weighted by atomic mass is 32.2. The summed E-state index contributed by atoms with van der Waals surface area (Å²) in [4.78, 5) is 11.8. The molecule has 0 saturated carbocycles. The second-order valence-corrected chi connectivity index (χ2v) is 6.02. The summed E-state index contributed by atoms with van der Waals surface area (Å²) in [6.45, 7) is 0.501. The van der Waals surface area contributed by atoms with Gasteiger partial charge in [-0.15, -0.1) is 0 Å². The van der Waals surface area contributed by atoms with Gasteiger partial charge in [0, 0.05) is 17.7 Å². The summed E-state index contributed by atoms with van der Waals surface area (Å²) in [7, 11) is -3.74. The van der Waals surface area contributed by atoms with Crippen LogP contribution in [0.3, 0.4) is 0 Å². The van der Waals surface area contributed by atoms with Crippen molar-refractivity contribution in [3.8, 4) is 0 Å². The Labute approximate surface area is 122 Å². The third-order valence-corrected chi connectivity index (χ3v) is 3.79. The molecule has 1 aromatic heterocycles. The van der Waals surface area contributed by atoms with Gasteiger partial charge in [0.1, 0.15) is 6.26 Å². The molecule has 0 aliphatic carbocycles. The number of primary sulfonamides is 1. The van der Waals surface area contributed by atoms with Crippen molar-refractivity contribution in [3.05, 3.63) is 47.9 Å². The maximum atomic E-state index is 11.8. The molecule has 8 heteroatoms. The van der Waals surface area contributed by atoms with Crippen molar-refractivity contribution >= 4 is 15.9 Å². The van der Waals surface area contributed by atoms with Gasteiger partial charge in [-0.1, -0.05) is 5.16 Å². The fourth-order valence-electron chi connectivity index (χ4n) is 1.74. The molecule has 7 nitrogen and oxygen atoms in total. The van der Waals surface area contributed by atoms with Crippen LogP contribution >= 0.6 is 0 Å². The van der Waals surface area contributed by atoms with E-state index < -0.39 is 10.0 Å². The maximum Gasteiger partial charge on any atom is 0.251 e. The molecule has 0 saturated heterocycles. The van der Waals surface area contributed by atoms with E-state index in [1.54, 1.807) is 12.5 Å². The minimum absolute atomic E-state index is 0.0218. The van der Waals surface area contributed by atoms with Gasteiger partial charge in [-0.05, 0) is 37.1 Å². The average molecular weight is 309 g/mol. The molecule has 112 valence electrons. The van der Waals surface area contributed by atoms with Gasteiger partial charge in [0.15, 0.2) is 0 Å². The number of benzene rings is 1. The Hall–Kier alpha value is -2.19. The Bertz CT molecular complexity index is 694. The predicted molar refractivity (Wildman–Crippen MR) is 75.0 cm³/mol. The van der Waals surface area contributed by atoms with Crippen LogP contribution in [0.1, 0.15) is 22.3 Å². The van der Waals surface area contributed by atoms with E-state index in [0.29, 0.717) is 12.1 Å². The molecule has 3 N–H and O–H groups in total. The maximum absolute atomic E-state index is 11.8. The van der Waals surface area contributed by atoms with Crippen molar-refractivity contribution < 1.29 is 17.7 Å². The van der Waals surface area contributed by atoms with Crippen LogP contribution in [0.4, 0.5) is 0 Å². The summed E-state index contributed by atoms with van der Waals surface area (Å²) >= 11 is 0. The number of hydrogen-bond acceptors (Lipinski definition) is 5. The third kappa shape index (κ3) is 4.40. The number of carbonyl (C=O) groups is 1. The summed E-state index contributed by atoms with van der Waals surface area (Å²) in [5.41, 5.74) is 1.36. The van der Waals surface area contributed by atoms with Gasteiger partial charge >= 0.3 is 0 Å². The smallest absolute Gasteiger partial charge is 0.251 e. The molecular formula is C13H15N3O4S. The number of carbonyl (C=O) groups excluding carboxylic acids is 1. The van der Waals surface area contributed by atoms with Crippen LogP contribution < -0.4 is 10.5 Å². The quantitative estimate of drug-likeness (QED) is 0.761. The van der Waals surface area contributed by atoms with E-state index in [9.17, 15) is 13.2 Å². The van der Waals surface area contributed by atoms with Crippen LogP contribution in [-0.4, -0.2) is 26.0 Å². The predicted octanol–water partition coefficient (Wildman–Crippen LogP) is 0.685. The number of amides is 1. The zero-order valence-electron chi connectivity index (χ0n) is 11.2. The van der Waals surface area contributed by atoms with Gasteiger partial charge in [-0.25, -0.2) is 13.6 Å². The fraction of sp³-hybridized carbons (Fsp3) is 0.231. The summed E-state index contributed by atoms with van der Waals surface area (Å²) in [6, 6.07) is 5.47. The minimum atomic E-state index is -3.74. The van der Waals surface area contributed by atoms with E-state index >= 15 is 0 Å². The molecular weight excluding hydrogens is 294 g/mol. The number of aryl methyl sites for hydroxylation is 1. The minimum Gasteiger partial charge on any atom is -0.364 e. The molecule has 0 aliphatic rings. The lowest BCUT2D eigenvalue weighted by Gasteiger charge is -2.05. The Morgan fingerprint density at radius 2 is 2.00 bits per heavy atom. The van der Waals surface area contributed by atoms with Gasteiger partial charge in [-0.2, -0.15) is 0 Å². The Kier molecular flexibility index (Phi) is 4.71. The fourth-order valence-corrected chi connectivity index (χ4v) is 2.26. The lowest BCUT2D eigenvalue weighted by Crippen LogP contribution is -2.24. The van der Waals surface area contributed by atoms with Crippen molar-refractivity contribution in [2.24, 2.45) is 5.14 Å². The molecule has 0 fully saturated rings. The van der Waals surface area contributed by atoms with Crippen molar-refractivity contribution in [2.45, 2.75) is 17.7 Å². The first-order valence-corrected chi connectivity index (χ1v) is 7.81. The topological polar surface area (TPSA) is 115 Å². The van der Waals surface area contributed by atoms with Crippen LogP contribution in [0, 0.1) is 0 Å². The lowest BCUT2D eigenvalue weighted by atomic mass is 10.2. The first-order chi connectivity index (χ1) is 9.97. The van der Waals surface area contributed by atoms with Crippen LogP contribution in [0.15, 0.2) is 46.1 Å². The first-order valence-electron chi connectivity index (χ1n) is 6.26. The number of nitrogens with one attached hydrogen (secondary N) is 1. The number of aromatic nitrogens is 1. The second-order valence-electron chi connectivity index (χ2n) is 4.46. The van der Waals surface area contributed by atoms with Crippen molar-refractivity contribution in [3.63, 3.8) is 0 Å². The highest BCUT2D eigenvalue weighted by molar-refractivity contribution is 7.89. The molecule has 2 rings (SSSR count). The van der Waals surface area contributed by atoms with Crippen LogP contribution in [0.5, 0.6) is 0 Å². The highest BCUT2D eigenvalue weighted by Crippen LogP contribution is 2.08. The number of nitrogens with zero attached hydrogens (tertiary/aromatic N) is 1. The summed E-state index contributed by atoms with van der Waals surface area (Å²) in [6.07, 6.45) is 4.71. The number of rotatable bonds is 6. The molecule has 1 amide bonds. The van der Waals surface area contributed by atoms with E-state index in [1.165, 1.54) is 24.3 Å². The highest BCUT2D eigenvalue weighted by Gasteiger charge is 2.09. The van der Waals surface area contributed by atoms with E-state index in [2.05, 4.69) is 10.5 Å². The normalized spacial score (nSPS) is 11.3. The van der Waals surface area contributed by atoms with Crippen LogP contribution in [0.25, 0.3) is 0 Å². The first kappa shape index (κ1) is 15.2. The van der Waals surface area contributed by atoms with E-state index in [4.69, 9.17) is 9.66 Å². The molecule has 0 bridgehead atoms. The summed E-state index contributed by atoms with van der Waals surface area (Å²) in [5, 5.41) is 11.3. The van der Waals surface area contributed by atoms with E-state index in [-0.39, 0.29) is 10.8 Å². The molecule has 0 unspecified atom stereocenters. The Morgan fingerprint density at radius 1 is 1.29 bits per heavy atom. The average Bonchev–Trinajstić information content (AvgIpc) is 2.96. The molecule has 0 aliphatic heterocycles. The van der Waals surface area contributed by atoms with Crippen LogP contribution in [-0.2, 0) is 16.4 Å². The lowest BCUT2D eigenvalue weighted by molar-refractivity contribution is 0.0953. The Balaban J connectivity index is 1.83. The largest absolute Gasteiger partial charge is 0.364 e.